The fraction of sp³-hybridized carbons (Fsp3) is 0.364. The fourth-order valence-corrected chi connectivity index (χ4v) is 3.70. The van der Waals surface area contributed by atoms with Crippen molar-refractivity contribution in [2.75, 3.05) is 5.75 Å². The Labute approximate surface area is 176 Å². The molecule has 3 rings (SSSR count). The number of rotatable bonds is 7. The molecule has 0 radical (unpaired) electrons. The van der Waals surface area contributed by atoms with Gasteiger partial charge in [0.05, 0.1) is 11.4 Å². The van der Waals surface area contributed by atoms with E-state index in [9.17, 15) is 4.79 Å². The third-order valence-electron chi connectivity index (χ3n) is 4.84. The fourth-order valence-electron chi connectivity index (χ4n) is 2.95. The molecule has 7 heteroatoms. The van der Waals surface area contributed by atoms with Crippen molar-refractivity contribution in [3.05, 3.63) is 53.9 Å². The predicted molar refractivity (Wildman–Crippen MR) is 117 cm³/mol. The predicted octanol–water partition coefficient (Wildman–Crippen LogP) is 4.34. The maximum absolute atomic E-state index is 12.4. The molecule has 0 fully saturated rings. The monoisotopic (exact) mass is 409 g/mol. The minimum Gasteiger partial charge on any atom is -0.351 e. The van der Waals surface area contributed by atoms with Gasteiger partial charge in [-0.1, -0.05) is 36.4 Å². The molecule has 1 amide bonds. The second-order valence-corrected chi connectivity index (χ2v) is 8.69. The summed E-state index contributed by atoms with van der Waals surface area (Å²) in [5.41, 5.74) is 3.96. The molecule has 29 heavy (non-hydrogen) atoms. The van der Waals surface area contributed by atoms with Crippen LogP contribution in [-0.4, -0.2) is 36.9 Å². The molecule has 1 N–H and O–H groups in total. The van der Waals surface area contributed by atoms with Crippen molar-refractivity contribution in [1.82, 2.24) is 25.1 Å². The van der Waals surface area contributed by atoms with Crippen molar-refractivity contribution < 1.29 is 4.79 Å². The van der Waals surface area contributed by atoms with E-state index in [1.165, 1.54) is 17.3 Å². The summed E-state index contributed by atoms with van der Waals surface area (Å²) >= 11 is 1.39. The highest BCUT2D eigenvalue weighted by molar-refractivity contribution is 7.99. The average Bonchev–Trinajstić information content (AvgIpc) is 3.10. The largest absolute Gasteiger partial charge is 0.351 e. The molecule has 0 saturated carbocycles. The molecule has 0 spiro atoms. The van der Waals surface area contributed by atoms with Gasteiger partial charge in [-0.2, -0.15) is 0 Å². The number of pyridine rings is 1. The maximum Gasteiger partial charge on any atom is 0.230 e. The summed E-state index contributed by atoms with van der Waals surface area (Å²) in [6, 6.07) is 10.1. The highest BCUT2D eigenvalue weighted by atomic mass is 32.2. The van der Waals surface area contributed by atoms with Gasteiger partial charge < -0.3 is 5.32 Å². The second-order valence-electron chi connectivity index (χ2n) is 7.75. The van der Waals surface area contributed by atoms with Crippen molar-refractivity contribution >= 4 is 17.7 Å². The molecule has 1 aromatic carbocycles. The van der Waals surface area contributed by atoms with Gasteiger partial charge >= 0.3 is 0 Å². The van der Waals surface area contributed by atoms with E-state index in [4.69, 9.17) is 0 Å². The van der Waals surface area contributed by atoms with Gasteiger partial charge in [0.1, 0.15) is 0 Å². The van der Waals surface area contributed by atoms with Gasteiger partial charge in [0.2, 0.25) is 5.91 Å². The maximum atomic E-state index is 12.4. The molecule has 0 atom stereocenters. The molecule has 152 valence electrons. The van der Waals surface area contributed by atoms with E-state index in [2.05, 4.69) is 59.5 Å². The number of aryl methyl sites for hydroxylation is 2. The van der Waals surface area contributed by atoms with Crippen LogP contribution in [0.5, 0.6) is 0 Å². The zero-order chi connectivity index (χ0) is 21.0. The summed E-state index contributed by atoms with van der Waals surface area (Å²) in [5.74, 6) is 0.973. The van der Waals surface area contributed by atoms with Crippen molar-refractivity contribution in [1.29, 1.82) is 0 Å². The zero-order valence-electron chi connectivity index (χ0n) is 17.6. The van der Waals surface area contributed by atoms with Crippen LogP contribution in [0.1, 0.15) is 38.3 Å². The number of carbonyl (C=O) groups excluding carboxylic acids is 1. The first-order valence-electron chi connectivity index (χ1n) is 9.68. The molecule has 3 aromatic rings. The molecule has 2 heterocycles. The Hall–Kier alpha value is -2.67. The van der Waals surface area contributed by atoms with Gasteiger partial charge in [0.25, 0.3) is 0 Å². The van der Waals surface area contributed by atoms with Gasteiger partial charge in [-0.05, 0) is 57.9 Å². The van der Waals surface area contributed by atoms with Crippen LogP contribution in [0, 0.1) is 13.8 Å². The van der Waals surface area contributed by atoms with E-state index in [0.29, 0.717) is 11.0 Å². The van der Waals surface area contributed by atoms with Gasteiger partial charge in [0.15, 0.2) is 11.0 Å². The number of benzene rings is 1. The summed E-state index contributed by atoms with van der Waals surface area (Å²) in [7, 11) is 0. The molecule has 0 unspecified atom stereocenters. The number of aromatic nitrogens is 4. The van der Waals surface area contributed by atoms with E-state index >= 15 is 0 Å². The standard InChI is InChI=1S/C22H27N5OS/c1-6-22(4,5)24-19(28)14-29-21-26-25-20(17-8-7-11-23-13-17)27(21)18-10-9-15(2)12-16(18)3/h7-13H,6,14H2,1-5H3,(H,24,28). The Bertz CT molecular complexity index is 998. The summed E-state index contributed by atoms with van der Waals surface area (Å²) in [6.45, 7) is 10.2. The highest BCUT2D eigenvalue weighted by Gasteiger charge is 2.21. The lowest BCUT2D eigenvalue weighted by atomic mass is 10.0. The van der Waals surface area contributed by atoms with E-state index in [1.807, 2.05) is 30.5 Å². The third kappa shape index (κ3) is 5.03. The molecule has 0 aliphatic heterocycles. The molecule has 0 aliphatic carbocycles. The summed E-state index contributed by atoms with van der Waals surface area (Å²) in [4.78, 5) is 16.6. The molecule has 0 aliphatic rings. The Morgan fingerprint density at radius 1 is 1.21 bits per heavy atom. The van der Waals surface area contributed by atoms with Crippen LogP contribution in [0.15, 0.2) is 47.9 Å². The molecular weight excluding hydrogens is 382 g/mol. The van der Waals surface area contributed by atoms with Gasteiger partial charge in [-0.15, -0.1) is 10.2 Å². The van der Waals surface area contributed by atoms with Crippen LogP contribution in [0.3, 0.4) is 0 Å². The lowest BCUT2D eigenvalue weighted by Crippen LogP contribution is -2.43. The van der Waals surface area contributed by atoms with Gasteiger partial charge in [-0.25, -0.2) is 0 Å². The lowest BCUT2D eigenvalue weighted by Gasteiger charge is -2.24. The van der Waals surface area contributed by atoms with Crippen molar-refractivity contribution in [2.24, 2.45) is 0 Å². The lowest BCUT2D eigenvalue weighted by molar-refractivity contribution is -0.120. The van der Waals surface area contributed by atoms with Crippen molar-refractivity contribution in [3.8, 4) is 17.1 Å². The Morgan fingerprint density at radius 3 is 2.66 bits per heavy atom. The minimum absolute atomic E-state index is 0.0139. The van der Waals surface area contributed by atoms with E-state index in [0.717, 1.165) is 23.2 Å². The zero-order valence-corrected chi connectivity index (χ0v) is 18.4. The van der Waals surface area contributed by atoms with E-state index in [1.54, 1.807) is 12.4 Å². The Balaban J connectivity index is 1.96. The number of carbonyl (C=O) groups is 1. The molecule has 0 saturated heterocycles. The first-order chi connectivity index (χ1) is 13.8. The number of thioether (sulfide) groups is 1. The van der Waals surface area contributed by atoms with E-state index in [-0.39, 0.29) is 17.2 Å². The summed E-state index contributed by atoms with van der Waals surface area (Å²) in [5, 5.41) is 12.6. The van der Waals surface area contributed by atoms with Crippen molar-refractivity contribution in [2.45, 2.75) is 51.7 Å². The van der Waals surface area contributed by atoms with Crippen LogP contribution in [-0.2, 0) is 4.79 Å². The summed E-state index contributed by atoms with van der Waals surface area (Å²) < 4.78 is 2.01. The summed E-state index contributed by atoms with van der Waals surface area (Å²) in [6.07, 6.45) is 4.37. The second kappa shape index (κ2) is 8.78. The molecule has 2 aromatic heterocycles. The quantitative estimate of drug-likeness (QED) is 0.588. The molecular formula is C22H27N5OS. The number of hydrogen-bond acceptors (Lipinski definition) is 5. The average molecular weight is 410 g/mol. The van der Waals surface area contributed by atoms with Crippen LogP contribution in [0.25, 0.3) is 17.1 Å². The SMILES string of the molecule is CCC(C)(C)NC(=O)CSc1nnc(-c2cccnc2)n1-c1ccc(C)cc1C. The molecule has 0 bridgehead atoms. The van der Waals surface area contributed by atoms with Crippen molar-refractivity contribution in [3.63, 3.8) is 0 Å². The highest BCUT2D eigenvalue weighted by Crippen LogP contribution is 2.29. The van der Waals surface area contributed by atoms with Crippen LogP contribution < -0.4 is 5.32 Å². The number of hydrogen-bond donors (Lipinski definition) is 1. The number of nitrogens with one attached hydrogen (secondary N) is 1. The van der Waals surface area contributed by atoms with Gasteiger partial charge in [-0.3, -0.25) is 14.3 Å². The Morgan fingerprint density at radius 2 is 2.00 bits per heavy atom. The first-order valence-corrected chi connectivity index (χ1v) is 10.7. The van der Waals surface area contributed by atoms with E-state index < -0.39 is 0 Å². The van der Waals surface area contributed by atoms with Crippen LogP contribution in [0.4, 0.5) is 0 Å². The molecule has 6 nitrogen and oxygen atoms in total. The number of nitrogens with zero attached hydrogens (tertiary/aromatic N) is 4. The van der Waals surface area contributed by atoms with Gasteiger partial charge in [0, 0.05) is 23.5 Å². The third-order valence-corrected chi connectivity index (χ3v) is 5.77. The Kier molecular flexibility index (Phi) is 6.37. The minimum atomic E-state index is -0.222. The number of amides is 1. The van der Waals surface area contributed by atoms with Crippen LogP contribution >= 0.6 is 11.8 Å². The first kappa shape index (κ1) is 21.0. The topological polar surface area (TPSA) is 72.7 Å². The normalized spacial score (nSPS) is 11.5. The smallest absolute Gasteiger partial charge is 0.230 e. The van der Waals surface area contributed by atoms with Crippen LogP contribution in [0.2, 0.25) is 0 Å².